The molecule has 0 saturated carbocycles. The Kier molecular flexibility index (Phi) is 3.22. The Morgan fingerprint density at radius 3 is 2.37 bits per heavy atom. The van der Waals surface area contributed by atoms with E-state index in [1.807, 2.05) is 13.8 Å². The minimum absolute atomic E-state index is 0.0785. The van der Waals surface area contributed by atoms with Gasteiger partial charge in [-0.2, -0.15) is 0 Å². The van der Waals surface area contributed by atoms with Crippen LogP contribution in [0.25, 0.3) is 10.9 Å². The molecule has 0 amide bonds. The third kappa shape index (κ3) is 2.05. The Hall–Kier alpha value is -2.04. The van der Waals surface area contributed by atoms with Crippen LogP contribution in [0.15, 0.2) is 12.1 Å². The molecule has 1 aromatic heterocycles. The minimum atomic E-state index is -1.28. The lowest BCUT2D eigenvalue weighted by Crippen LogP contribution is -2.09. The van der Waals surface area contributed by atoms with Gasteiger partial charge in [-0.3, -0.25) is 0 Å². The minimum Gasteiger partial charge on any atom is -0.478 e. The van der Waals surface area contributed by atoms with Gasteiger partial charge in [0.2, 0.25) is 0 Å². The number of aromatic nitrogens is 1. The molecule has 0 atom stereocenters. The number of nitrogens with zero attached hydrogens (tertiary/aromatic N) is 1. The summed E-state index contributed by atoms with van der Waals surface area (Å²) in [6.07, 6.45) is 0. The average Bonchev–Trinajstić information content (AvgIpc) is 2.32. The number of fused-ring (bicyclic) bond motifs is 1. The molecule has 3 nitrogen and oxygen atoms in total. The number of hydrogen-bond acceptors (Lipinski definition) is 2. The molecule has 0 saturated heterocycles. The van der Waals surface area contributed by atoms with Gasteiger partial charge in [0.15, 0.2) is 0 Å². The van der Waals surface area contributed by atoms with Crippen LogP contribution in [0.3, 0.4) is 0 Å². The largest absolute Gasteiger partial charge is 0.478 e. The fourth-order valence-corrected chi connectivity index (χ4v) is 2.24. The smallest absolute Gasteiger partial charge is 0.336 e. The van der Waals surface area contributed by atoms with Crippen molar-refractivity contribution in [3.8, 4) is 0 Å². The Bertz CT molecular complexity index is 681. The predicted octanol–water partition coefficient (Wildman–Crippen LogP) is 3.64. The second kappa shape index (κ2) is 4.57. The molecule has 0 spiro atoms. The van der Waals surface area contributed by atoms with Crippen molar-refractivity contribution in [2.24, 2.45) is 0 Å². The monoisotopic (exact) mass is 265 g/mol. The van der Waals surface area contributed by atoms with Gasteiger partial charge in [0, 0.05) is 5.69 Å². The van der Waals surface area contributed by atoms with Crippen molar-refractivity contribution in [1.29, 1.82) is 0 Å². The van der Waals surface area contributed by atoms with Gasteiger partial charge < -0.3 is 5.11 Å². The number of pyridine rings is 1. The molecule has 1 N–H and O–H groups in total. The lowest BCUT2D eigenvalue weighted by molar-refractivity contribution is 0.0697. The highest BCUT2D eigenvalue weighted by molar-refractivity contribution is 6.04. The summed E-state index contributed by atoms with van der Waals surface area (Å²) < 4.78 is 27.6. The van der Waals surface area contributed by atoms with E-state index in [1.54, 1.807) is 6.92 Å². The SMILES string of the molecule is Cc1c(C(C)C)nc2c(F)ccc(F)c2c1C(=O)O. The second-order valence-corrected chi connectivity index (χ2v) is 4.71. The van der Waals surface area contributed by atoms with Crippen molar-refractivity contribution in [3.63, 3.8) is 0 Å². The van der Waals surface area contributed by atoms with Crippen LogP contribution in [0.1, 0.15) is 41.4 Å². The molecule has 2 aromatic rings. The highest BCUT2D eigenvalue weighted by atomic mass is 19.1. The number of carboxylic acid groups (broad SMARTS) is 1. The van der Waals surface area contributed by atoms with Crippen molar-refractivity contribution < 1.29 is 18.7 Å². The van der Waals surface area contributed by atoms with Gasteiger partial charge in [0.05, 0.1) is 10.9 Å². The molecular weight excluding hydrogens is 252 g/mol. The second-order valence-electron chi connectivity index (χ2n) is 4.71. The summed E-state index contributed by atoms with van der Waals surface area (Å²) in [5, 5.41) is 9.00. The van der Waals surface area contributed by atoms with E-state index in [-0.39, 0.29) is 22.4 Å². The first kappa shape index (κ1) is 13.4. The molecule has 0 bridgehead atoms. The van der Waals surface area contributed by atoms with Gasteiger partial charge in [-0.05, 0) is 30.5 Å². The van der Waals surface area contributed by atoms with Crippen LogP contribution in [-0.2, 0) is 0 Å². The zero-order valence-electron chi connectivity index (χ0n) is 10.8. The number of hydrogen-bond donors (Lipinski definition) is 1. The number of benzene rings is 1. The van der Waals surface area contributed by atoms with Crippen LogP contribution in [0, 0.1) is 18.6 Å². The molecule has 1 aromatic carbocycles. The summed E-state index contributed by atoms with van der Waals surface area (Å²) in [6.45, 7) is 5.21. The van der Waals surface area contributed by atoms with Gasteiger partial charge in [0.1, 0.15) is 17.2 Å². The van der Waals surface area contributed by atoms with E-state index in [0.717, 1.165) is 12.1 Å². The van der Waals surface area contributed by atoms with Crippen molar-refractivity contribution in [2.45, 2.75) is 26.7 Å². The Morgan fingerprint density at radius 2 is 1.84 bits per heavy atom. The number of carbonyl (C=O) groups is 1. The van der Waals surface area contributed by atoms with E-state index in [0.29, 0.717) is 11.3 Å². The molecule has 0 aliphatic rings. The van der Waals surface area contributed by atoms with Gasteiger partial charge in [-0.1, -0.05) is 13.8 Å². The van der Waals surface area contributed by atoms with E-state index in [9.17, 15) is 18.7 Å². The summed E-state index contributed by atoms with van der Waals surface area (Å²) in [5.74, 6) is -2.86. The molecule has 19 heavy (non-hydrogen) atoms. The van der Waals surface area contributed by atoms with Crippen molar-refractivity contribution in [2.75, 3.05) is 0 Å². The molecule has 0 unspecified atom stereocenters. The fraction of sp³-hybridized carbons (Fsp3) is 0.286. The van der Waals surface area contributed by atoms with E-state index in [1.165, 1.54) is 0 Å². The number of aromatic carboxylic acids is 1. The maximum atomic E-state index is 13.8. The van der Waals surface area contributed by atoms with Crippen LogP contribution in [0.5, 0.6) is 0 Å². The van der Waals surface area contributed by atoms with Crippen LogP contribution in [0.4, 0.5) is 8.78 Å². The maximum absolute atomic E-state index is 13.8. The molecule has 5 heteroatoms. The van der Waals surface area contributed by atoms with E-state index in [4.69, 9.17) is 0 Å². The van der Waals surface area contributed by atoms with E-state index in [2.05, 4.69) is 4.98 Å². The van der Waals surface area contributed by atoms with Gasteiger partial charge >= 0.3 is 5.97 Å². The van der Waals surface area contributed by atoms with Gasteiger partial charge in [0.25, 0.3) is 0 Å². The molecule has 0 aliphatic carbocycles. The predicted molar refractivity (Wildman–Crippen MR) is 67.4 cm³/mol. The summed E-state index contributed by atoms with van der Waals surface area (Å²) in [6, 6.07) is 1.87. The molecule has 1 heterocycles. The van der Waals surface area contributed by atoms with Gasteiger partial charge in [-0.15, -0.1) is 0 Å². The molecule has 0 fully saturated rings. The van der Waals surface area contributed by atoms with E-state index < -0.39 is 17.6 Å². The van der Waals surface area contributed by atoms with E-state index >= 15 is 0 Å². The zero-order chi connectivity index (χ0) is 14.3. The molecule has 100 valence electrons. The van der Waals surface area contributed by atoms with Gasteiger partial charge in [-0.25, -0.2) is 18.6 Å². The first-order chi connectivity index (χ1) is 8.84. The number of halogens is 2. The third-order valence-electron chi connectivity index (χ3n) is 3.08. The Balaban J connectivity index is 3.05. The first-order valence-electron chi connectivity index (χ1n) is 5.86. The standard InChI is InChI=1S/C14H13F2NO2/c1-6(2)12-7(3)10(14(18)19)11-8(15)4-5-9(16)13(11)17-12/h4-6H,1-3H3,(H,18,19). The summed E-state index contributed by atoms with van der Waals surface area (Å²) in [4.78, 5) is 15.5. The first-order valence-corrected chi connectivity index (χ1v) is 5.86. The topological polar surface area (TPSA) is 50.2 Å². The summed E-state index contributed by atoms with van der Waals surface area (Å²) in [7, 11) is 0. The van der Waals surface area contributed by atoms with Crippen molar-refractivity contribution in [3.05, 3.63) is 40.6 Å². The van der Waals surface area contributed by atoms with Crippen LogP contribution in [0.2, 0.25) is 0 Å². The lowest BCUT2D eigenvalue weighted by Gasteiger charge is -2.14. The molecular formula is C14H13F2NO2. The zero-order valence-corrected chi connectivity index (χ0v) is 10.8. The lowest BCUT2D eigenvalue weighted by atomic mass is 9.96. The molecule has 2 rings (SSSR count). The van der Waals surface area contributed by atoms with Crippen molar-refractivity contribution >= 4 is 16.9 Å². The maximum Gasteiger partial charge on any atom is 0.336 e. The molecule has 0 radical (unpaired) electrons. The fourth-order valence-electron chi connectivity index (χ4n) is 2.24. The number of carboxylic acids is 1. The average molecular weight is 265 g/mol. The highest BCUT2D eigenvalue weighted by Gasteiger charge is 2.22. The quantitative estimate of drug-likeness (QED) is 0.901. The molecule has 0 aliphatic heterocycles. The van der Waals surface area contributed by atoms with Crippen LogP contribution < -0.4 is 0 Å². The highest BCUT2D eigenvalue weighted by Crippen LogP contribution is 2.30. The van der Waals surface area contributed by atoms with Crippen LogP contribution >= 0.6 is 0 Å². The van der Waals surface area contributed by atoms with Crippen molar-refractivity contribution in [1.82, 2.24) is 4.98 Å². The summed E-state index contributed by atoms with van der Waals surface area (Å²) in [5.41, 5.74) is 0.395. The number of rotatable bonds is 2. The Morgan fingerprint density at radius 1 is 1.26 bits per heavy atom. The summed E-state index contributed by atoms with van der Waals surface area (Å²) >= 11 is 0. The normalized spacial score (nSPS) is 11.3. The Labute approximate surface area is 108 Å². The third-order valence-corrected chi connectivity index (χ3v) is 3.08. The van der Waals surface area contributed by atoms with Crippen LogP contribution in [-0.4, -0.2) is 16.1 Å².